The molecule has 1 heterocycles. The predicted molar refractivity (Wildman–Crippen MR) is 73.4 cm³/mol. The maximum Gasteiger partial charge on any atom is 0.259 e. The molecule has 4 nitrogen and oxygen atoms in total. The molecular weight excluding hydrogens is 246 g/mol. The van der Waals surface area contributed by atoms with Crippen molar-refractivity contribution in [3.63, 3.8) is 0 Å². The van der Waals surface area contributed by atoms with Crippen molar-refractivity contribution in [2.75, 3.05) is 6.61 Å². The number of nitrogens with zero attached hydrogens (tertiary/aromatic N) is 1. The van der Waals surface area contributed by atoms with Crippen LogP contribution >= 0.6 is 0 Å². The van der Waals surface area contributed by atoms with Gasteiger partial charge in [0.2, 0.25) is 6.29 Å². The molecule has 1 aromatic heterocycles. The monoisotopic (exact) mass is 269 g/mol. The molecule has 0 aliphatic carbocycles. The number of rotatable bonds is 6. The Kier molecular flexibility index (Phi) is 4.87. The van der Waals surface area contributed by atoms with Crippen molar-refractivity contribution in [3.8, 4) is 0 Å². The van der Waals surface area contributed by atoms with Crippen LogP contribution in [0.1, 0.15) is 43.6 Å². The predicted octanol–water partition coefficient (Wildman–Crippen LogP) is 3.44. The van der Waals surface area contributed by atoms with Gasteiger partial charge in [0.1, 0.15) is 5.76 Å². The second-order valence-corrected chi connectivity index (χ2v) is 10.8. The maximum absolute atomic E-state index is 10.4. The second-order valence-electron chi connectivity index (χ2n) is 5.99. The molecule has 0 bridgehead atoms. The van der Waals surface area contributed by atoms with Crippen LogP contribution in [0.15, 0.2) is 10.6 Å². The zero-order chi connectivity index (χ0) is 13.8. The van der Waals surface area contributed by atoms with Crippen molar-refractivity contribution in [1.82, 2.24) is 4.98 Å². The third-order valence-electron chi connectivity index (χ3n) is 3.51. The lowest BCUT2D eigenvalue weighted by molar-refractivity contribution is 0.109. The molecule has 102 valence electrons. The van der Waals surface area contributed by atoms with Gasteiger partial charge in [0.15, 0.2) is 8.32 Å². The van der Waals surface area contributed by atoms with Crippen LogP contribution in [0.5, 0.6) is 0 Å². The summed E-state index contributed by atoms with van der Waals surface area (Å²) >= 11 is 0. The summed E-state index contributed by atoms with van der Waals surface area (Å²) < 4.78 is 11.3. The van der Waals surface area contributed by atoms with E-state index in [1.807, 2.05) is 0 Å². The Labute approximate surface area is 110 Å². The van der Waals surface area contributed by atoms with E-state index in [-0.39, 0.29) is 10.9 Å². The quantitative estimate of drug-likeness (QED) is 0.451. The van der Waals surface area contributed by atoms with Gasteiger partial charge in [-0.1, -0.05) is 20.8 Å². The molecule has 0 fully saturated rings. The summed E-state index contributed by atoms with van der Waals surface area (Å²) in [5.74, 6) is 0.895. The smallest absolute Gasteiger partial charge is 0.259 e. The van der Waals surface area contributed by atoms with Crippen LogP contribution in [0.4, 0.5) is 0 Å². The average Bonchev–Trinajstić information content (AvgIpc) is 2.70. The minimum absolute atomic E-state index is 0.148. The minimum Gasteiger partial charge on any atom is -0.439 e. The van der Waals surface area contributed by atoms with Crippen LogP contribution in [0.2, 0.25) is 18.1 Å². The van der Waals surface area contributed by atoms with Crippen molar-refractivity contribution < 1.29 is 13.6 Å². The number of aldehydes is 1. The molecule has 0 aliphatic heterocycles. The average molecular weight is 269 g/mol. The number of carbonyl (C=O) groups is 1. The Morgan fingerprint density at radius 3 is 2.61 bits per heavy atom. The minimum atomic E-state index is -1.65. The summed E-state index contributed by atoms with van der Waals surface area (Å²) in [7, 11) is -1.65. The standard InChI is InChI=1S/C13H23NO3Si/c1-13(2,3)18(4,5)16-8-6-7-11-9-14-12(10-15)17-11/h9-10H,6-8H2,1-5H3. The van der Waals surface area contributed by atoms with Crippen molar-refractivity contribution >= 4 is 14.6 Å². The molecule has 0 N–H and O–H groups in total. The molecule has 5 heteroatoms. The Bertz CT molecular complexity index is 393. The van der Waals surface area contributed by atoms with E-state index in [0.717, 1.165) is 25.2 Å². The highest BCUT2D eigenvalue weighted by Crippen LogP contribution is 2.36. The first-order valence-corrected chi connectivity index (χ1v) is 9.21. The lowest BCUT2D eigenvalue weighted by Crippen LogP contribution is -2.41. The molecule has 0 saturated carbocycles. The van der Waals surface area contributed by atoms with Gasteiger partial charge in [-0.3, -0.25) is 4.79 Å². The van der Waals surface area contributed by atoms with E-state index >= 15 is 0 Å². The molecule has 1 rings (SSSR count). The lowest BCUT2D eigenvalue weighted by Gasteiger charge is -2.36. The van der Waals surface area contributed by atoms with Gasteiger partial charge < -0.3 is 8.84 Å². The molecule has 18 heavy (non-hydrogen) atoms. The first-order valence-electron chi connectivity index (χ1n) is 6.30. The van der Waals surface area contributed by atoms with Crippen LogP contribution in [0.3, 0.4) is 0 Å². The Balaban J connectivity index is 2.33. The third kappa shape index (κ3) is 4.06. The van der Waals surface area contributed by atoms with Crippen molar-refractivity contribution in [2.45, 2.75) is 51.7 Å². The Hall–Kier alpha value is -0.943. The van der Waals surface area contributed by atoms with Gasteiger partial charge in [0.05, 0.1) is 6.20 Å². The van der Waals surface area contributed by atoms with Gasteiger partial charge in [0, 0.05) is 13.0 Å². The van der Waals surface area contributed by atoms with Gasteiger partial charge >= 0.3 is 0 Å². The first-order chi connectivity index (χ1) is 8.26. The molecule has 1 aromatic rings. The van der Waals surface area contributed by atoms with Gasteiger partial charge in [-0.15, -0.1) is 0 Å². The van der Waals surface area contributed by atoms with Crippen LogP contribution in [-0.4, -0.2) is 26.2 Å². The van der Waals surface area contributed by atoms with Crippen LogP contribution in [-0.2, 0) is 10.8 Å². The van der Waals surface area contributed by atoms with E-state index in [4.69, 9.17) is 8.84 Å². The summed E-state index contributed by atoms with van der Waals surface area (Å²) in [6, 6.07) is 0. The molecule has 0 aliphatic rings. The van der Waals surface area contributed by atoms with Gasteiger partial charge in [-0.05, 0) is 24.6 Å². The summed E-state index contributed by atoms with van der Waals surface area (Å²) in [6.45, 7) is 11.9. The van der Waals surface area contributed by atoms with E-state index in [2.05, 4.69) is 38.8 Å². The fourth-order valence-electron chi connectivity index (χ4n) is 1.28. The fourth-order valence-corrected chi connectivity index (χ4v) is 2.37. The molecule has 0 atom stereocenters. The lowest BCUT2D eigenvalue weighted by atomic mass is 10.2. The van der Waals surface area contributed by atoms with Gasteiger partial charge in [-0.25, -0.2) is 4.98 Å². The summed E-state index contributed by atoms with van der Waals surface area (Å²) in [5.41, 5.74) is 0. The zero-order valence-corrected chi connectivity index (χ0v) is 12.9. The summed E-state index contributed by atoms with van der Waals surface area (Å²) in [4.78, 5) is 14.3. The number of aromatic nitrogens is 1. The maximum atomic E-state index is 10.4. The number of aryl methyl sites for hydroxylation is 1. The highest BCUT2D eigenvalue weighted by molar-refractivity contribution is 6.74. The molecule has 0 aromatic carbocycles. The second kappa shape index (κ2) is 5.80. The largest absolute Gasteiger partial charge is 0.439 e. The third-order valence-corrected chi connectivity index (χ3v) is 8.05. The molecule has 0 unspecified atom stereocenters. The van der Waals surface area contributed by atoms with E-state index in [9.17, 15) is 4.79 Å². The zero-order valence-electron chi connectivity index (χ0n) is 11.9. The normalized spacial score (nSPS) is 12.7. The van der Waals surface area contributed by atoms with Gasteiger partial charge in [-0.2, -0.15) is 0 Å². The molecule has 0 spiro atoms. The van der Waals surface area contributed by atoms with E-state index in [1.165, 1.54) is 0 Å². The summed E-state index contributed by atoms with van der Waals surface area (Å²) in [6.07, 6.45) is 3.88. The Morgan fingerprint density at radius 1 is 1.44 bits per heavy atom. The van der Waals surface area contributed by atoms with Crippen molar-refractivity contribution in [3.05, 3.63) is 17.8 Å². The number of hydrogen-bond acceptors (Lipinski definition) is 4. The van der Waals surface area contributed by atoms with Crippen LogP contribution in [0.25, 0.3) is 0 Å². The number of carbonyl (C=O) groups excluding carboxylic acids is 1. The van der Waals surface area contributed by atoms with E-state index in [1.54, 1.807) is 6.20 Å². The van der Waals surface area contributed by atoms with E-state index < -0.39 is 8.32 Å². The SMILES string of the molecule is CC(C)(C)[Si](C)(C)OCCCc1cnc(C=O)o1. The van der Waals surface area contributed by atoms with Crippen molar-refractivity contribution in [1.29, 1.82) is 0 Å². The van der Waals surface area contributed by atoms with Crippen LogP contribution in [0, 0.1) is 0 Å². The van der Waals surface area contributed by atoms with E-state index in [0.29, 0.717) is 6.29 Å². The molecule has 0 saturated heterocycles. The fraction of sp³-hybridized carbons (Fsp3) is 0.692. The molecule has 0 amide bonds. The highest BCUT2D eigenvalue weighted by Gasteiger charge is 2.36. The van der Waals surface area contributed by atoms with Crippen molar-refractivity contribution in [2.24, 2.45) is 0 Å². The highest BCUT2D eigenvalue weighted by atomic mass is 28.4. The topological polar surface area (TPSA) is 52.3 Å². The number of hydrogen-bond donors (Lipinski definition) is 0. The molecule has 0 radical (unpaired) electrons. The van der Waals surface area contributed by atoms with Crippen LogP contribution < -0.4 is 0 Å². The molecular formula is C13H23NO3Si. The Morgan fingerprint density at radius 2 is 2.11 bits per heavy atom. The summed E-state index contributed by atoms with van der Waals surface area (Å²) in [5, 5.41) is 0.240. The number of oxazole rings is 1. The first kappa shape index (κ1) is 15.1. The van der Waals surface area contributed by atoms with Gasteiger partial charge in [0.25, 0.3) is 5.89 Å².